The fourth-order valence-corrected chi connectivity index (χ4v) is 6.62. The van der Waals surface area contributed by atoms with Crippen LogP contribution in [0.4, 0.5) is 5.82 Å². The Balaban J connectivity index is 1.41. The zero-order chi connectivity index (χ0) is 33.9. The van der Waals surface area contributed by atoms with Crippen LogP contribution in [0.25, 0.3) is 22.4 Å². The SMILES string of the molecule is CNC(=O)c1c(-c2ccc(C)cc2)oc2nc(N(CCCC(C)C(=O)NC(c3ccccc3)C(O)OC)S(C)(=O)=O)c(C3CC3)cc12. The van der Waals surface area contributed by atoms with Gasteiger partial charge >= 0.3 is 0 Å². The number of furan rings is 1. The van der Waals surface area contributed by atoms with Gasteiger partial charge in [0.2, 0.25) is 21.6 Å². The molecule has 1 fully saturated rings. The van der Waals surface area contributed by atoms with Crippen LogP contribution in [0, 0.1) is 12.8 Å². The number of ether oxygens (including phenoxy) is 1. The third kappa shape index (κ3) is 7.66. The Morgan fingerprint density at radius 1 is 1.13 bits per heavy atom. The lowest BCUT2D eigenvalue weighted by Gasteiger charge is -2.26. The van der Waals surface area contributed by atoms with Gasteiger partial charge in [-0.3, -0.25) is 13.9 Å². The maximum absolute atomic E-state index is 13.2. The van der Waals surface area contributed by atoms with Crippen molar-refractivity contribution < 1.29 is 32.3 Å². The third-order valence-corrected chi connectivity index (χ3v) is 9.70. The largest absolute Gasteiger partial charge is 0.437 e. The van der Waals surface area contributed by atoms with E-state index in [2.05, 4.69) is 10.6 Å². The number of aliphatic hydroxyl groups excluding tert-OH is 1. The summed E-state index contributed by atoms with van der Waals surface area (Å²) < 4.78 is 39.1. The van der Waals surface area contributed by atoms with E-state index < -0.39 is 28.3 Å². The second-order valence-electron chi connectivity index (χ2n) is 12.2. The summed E-state index contributed by atoms with van der Waals surface area (Å²) in [4.78, 5) is 31.1. The average molecular weight is 663 g/mol. The molecule has 0 bridgehead atoms. The lowest BCUT2D eigenvalue weighted by Crippen LogP contribution is -2.40. The molecule has 4 aromatic rings. The van der Waals surface area contributed by atoms with Gasteiger partial charge in [0.05, 0.1) is 17.2 Å². The monoisotopic (exact) mass is 662 g/mol. The molecule has 2 aromatic heterocycles. The van der Waals surface area contributed by atoms with Gasteiger partial charge in [-0.2, -0.15) is 4.98 Å². The first-order valence-corrected chi connectivity index (χ1v) is 17.6. The van der Waals surface area contributed by atoms with Crippen molar-refractivity contribution in [2.45, 2.75) is 57.8 Å². The number of hydrogen-bond acceptors (Lipinski definition) is 8. The first kappa shape index (κ1) is 34.1. The number of pyridine rings is 1. The Hall–Kier alpha value is -4.26. The molecule has 3 N–H and O–H groups in total. The van der Waals surface area contributed by atoms with Crippen molar-refractivity contribution in [3.8, 4) is 11.3 Å². The molecule has 0 spiro atoms. The van der Waals surface area contributed by atoms with E-state index in [-0.39, 0.29) is 35.8 Å². The Morgan fingerprint density at radius 3 is 2.40 bits per heavy atom. The van der Waals surface area contributed by atoms with Gasteiger partial charge in [0, 0.05) is 32.2 Å². The van der Waals surface area contributed by atoms with Crippen molar-refractivity contribution in [3.63, 3.8) is 0 Å². The maximum atomic E-state index is 13.2. The molecule has 0 aliphatic heterocycles. The van der Waals surface area contributed by atoms with E-state index >= 15 is 0 Å². The van der Waals surface area contributed by atoms with Crippen molar-refractivity contribution in [1.29, 1.82) is 0 Å². The van der Waals surface area contributed by atoms with Crippen molar-refractivity contribution in [2.24, 2.45) is 5.92 Å². The van der Waals surface area contributed by atoms with E-state index in [4.69, 9.17) is 14.1 Å². The van der Waals surface area contributed by atoms with E-state index in [0.29, 0.717) is 40.7 Å². The van der Waals surface area contributed by atoms with Crippen LogP contribution in [-0.4, -0.2) is 63.6 Å². The predicted molar refractivity (Wildman–Crippen MR) is 180 cm³/mol. The van der Waals surface area contributed by atoms with E-state index in [9.17, 15) is 23.1 Å². The first-order chi connectivity index (χ1) is 22.4. The summed E-state index contributed by atoms with van der Waals surface area (Å²) in [5.41, 5.74) is 3.73. The van der Waals surface area contributed by atoms with Gasteiger partial charge in [-0.25, -0.2) is 8.42 Å². The number of rotatable bonds is 14. The number of carbonyl (C=O) groups excluding carboxylic acids is 2. The zero-order valence-corrected chi connectivity index (χ0v) is 28.1. The number of benzene rings is 2. The molecular formula is C35H42N4O7S. The van der Waals surface area contributed by atoms with Gasteiger partial charge < -0.3 is 24.9 Å². The first-order valence-electron chi connectivity index (χ1n) is 15.7. The van der Waals surface area contributed by atoms with Gasteiger partial charge in [-0.15, -0.1) is 0 Å². The van der Waals surface area contributed by atoms with Crippen molar-refractivity contribution >= 4 is 38.8 Å². The number of fused-ring (bicyclic) bond motifs is 1. The fraction of sp³-hybridized carbons (Fsp3) is 0.400. The summed E-state index contributed by atoms with van der Waals surface area (Å²) in [6, 6.07) is 17.7. The number of sulfonamides is 1. The maximum Gasteiger partial charge on any atom is 0.255 e. The van der Waals surface area contributed by atoms with Crippen LogP contribution in [0.3, 0.4) is 0 Å². The lowest BCUT2D eigenvalue weighted by molar-refractivity contribution is -0.133. The molecule has 2 aromatic carbocycles. The highest BCUT2D eigenvalue weighted by Gasteiger charge is 2.34. The fourth-order valence-electron chi connectivity index (χ4n) is 5.70. The molecular weight excluding hydrogens is 620 g/mol. The molecule has 11 nitrogen and oxygen atoms in total. The van der Waals surface area contributed by atoms with Crippen molar-refractivity contribution in [3.05, 3.63) is 82.9 Å². The van der Waals surface area contributed by atoms with Crippen LogP contribution in [0.2, 0.25) is 0 Å². The number of hydrogen-bond donors (Lipinski definition) is 3. The van der Waals surface area contributed by atoms with Crippen LogP contribution in [0.1, 0.15) is 71.6 Å². The van der Waals surface area contributed by atoms with Gasteiger partial charge in [0.15, 0.2) is 6.29 Å². The van der Waals surface area contributed by atoms with Crippen molar-refractivity contribution in [1.82, 2.24) is 15.6 Å². The number of aliphatic hydroxyl groups is 1. The van der Waals surface area contributed by atoms with Crippen LogP contribution in [0.15, 0.2) is 65.1 Å². The molecule has 2 amide bonds. The summed E-state index contributed by atoms with van der Waals surface area (Å²) >= 11 is 0. The quantitative estimate of drug-likeness (QED) is 0.159. The topological polar surface area (TPSA) is 151 Å². The van der Waals surface area contributed by atoms with Gasteiger partial charge in [-0.1, -0.05) is 67.1 Å². The summed E-state index contributed by atoms with van der Waals surface area (Å²) in [7, 11) is -0.867. The Bertz CT molecular complexity index is 1840. The van der Waals surface area contributed by atoms with Gasteiger partial charge in [0.25, 0.3) is 5.91 Å². The van der Waals surface area contributed by atoms with Crippen LogP contribution in [0.5, 0.6) is 0 Å². The molecule has 1 aliphatic rings. The number of methoxy groups -OCH3 is 1. The van der Waals surface area contributed by atoms with Gasteiger partial charge in [-0.05, 0) is 55.7 Å². The van der Waals surface area contributed by atoms with Crippen molar-refractivity contribution in [2.75, 3.05) is 31.3 Å². The molecule has 47 heavy (non-hydrogen) atoms. The number of aromatic nitrogens is 1. The molecule has 12 heteroatoms. The molecule has 3 unspecified atom stereocenters. The van der Waals surface area contributed by atoms with E-state index in [1.54, 1.807) is 26.1 Å². The molecule has 1 aliphatic carbocycles. The summed E-state index contributed by atoms with van der Waals surface area (Å²) in [5, 5.41) is 16.5. The number of aryl methyl sites for hydroxylation is 1. The zero-order valence-electron chi connectivity index (χ0n) is 27.3. The number of amides is 2. The second kappa shape index (κ2) is 14.2. The lowest BCUT2D eigenvalue weighted by atomic mass is 10.0. The third-order valence-electron chi connectivity index (χ3n) is 8.54. The van der Waals surface area contributed by atoms with E-state index in [0.717, 1.165) is 30.2 Å². The normalized spacial score (nSPS) is 15.2. The minimum atomic E-state index is -3.78. The molecule has 250 valence electrons. The van der Waals surface area contributed by atoms with Crippen LogP contribution >= 0.6 is 0 Å². The average Bonchev–Trinajstić information content (AvgIpc) is 3.84. The summed E-state index contributed by atoms with van der Waals surface area (Å²) in [5.74, 6) is -0.352. The minimum Gasteiger partial charge on any atom is -0.437 e. The number of nitrogens with one attached hydrogen (secondary N) is 2. The van der Waals surface area contributed by atoms with Crippen LogP contribution < -0.4 is 14.9 Å². The van der Waals surface area contributed by atoms with E-state index in [1.807, 2.05) is 55.5 Å². The molecule has 5 rings (SSSR count). The van der Waals surface area contributed by atoms with Gasteiger partial charge in [0.1, 0.15) is 17.6 Å². The number of nitrogens with zero attached hydrogens (tertiary/aromatic N) is 2. The second-order valence-corrected chi connectivity index (χ2v) is 14.1. The molecule has 3 atom stereocenters. The standard InChI is InChI=1S/C35H42N4O7S/c1-21-13-15-25(16-14-21)30-28(33(41)36-3)27-20-26(23-17-18-23)31(38-34(27)46-30)39(47(5,43)44)19-9-10-22(2)32(40)37-29(35(42)45-4)24-11-7-6-8-12-24/h6-8,11-16,20,22-23,29,35,42H,9-10,17-19H2,1-5H3,(H,36,41)(H,37,40). The predicted octanol–water partition coefficient (Wildman–Crippen LogP) is 5.04. The summed E-state index contributed by atoms with van der Waals surface area (Å²) in [6.07, 6.45) is 2.39. The number of anilines is 1. The minimum absolute atomic E-state index is 0.0886. The number of carbonyl (C=O) groups is 2. The summed E-state index contributed by atoms with van der Waals surface area (Å²) in [6.45, 7) is 3.82. The highest BCUT2D eigenvalue weighted by Crippen LogP contribution is 2.47. The Kier molecular flexibility index (Phi) is 10.3. The molecule has 0 radical (unpaired) electrons. The smallest absolute Gasteiger partial charge is 0.255 e. The molecule has 1 saturated carbocycles. The molecule has 2 heterocycles. The Labute approximate surface area is 275 Å². The molecule has 0 saturated heterocycles. The highest BCUT2D eigenvalue weighted by atomic mass is 32.2. The highest BCUT2D eigenvalue weighted by molar-refractivity contribution is 7.92. The van der Waals surface area contributed by atoms with Crippen LogP contribution in [-0.2, 0) is 19.6 Å². The van der Waals surface area contributed by atoms with E-state index in [1.165, 1.54) is 11.4 Å². The Morgan fingerprint density at radius 2 is 1.81 bits per heavy atom.